The van der Waals surface area contributed by atoms with Gasteiger partial charge in [0, 0.05) is 17.2 Å². The summed E-state index contributed by atoms with van der Waals surface area (Å²) in [7, 11) is 0. The largest absolute Gasteiger partial charge is 0.347 e. The summed E-state index contributed by atoms with van der Waals surface area (Å²) in [6, 6.07) is 4.44. The maximum absolute atomic E-state index is 12.3. The van der Waals surface area contributed by atoms with Gasteiger partial charge in [-0.2, -0.15) is 0 Å². The molecule has 6 heteroatoms. The van der Waals surface area contributed by atoms with Gasteiger partial charge in [-0.25, -0.2) is 0 Å². The second-order valence-electron chi connectivity index (χ2n) is 5.50. The molecule has 0 aromatic heterocycles. The van der Waals surface area contributed by atoms with Crippen molar-refractivity contribution in [2.24, 2.45) is 0 Å². The molecule has 20 heavy (non-hydrogen) atoms. The van der Waals surface area contributed by atoms with Crippen molar-refractivity contribution in [1.82, 2.24) is 5.32 Å². The number of benzene rings is 1. The molecule has 1 aliphatic carbocycles. The average Bonchev–Trinajstić information content (AvgIpc) is 2.39. The van der Waals surface area contributed by atoms with Crippen molar-refractivity contribution in [1.29, 1.82) is 0 Å². The third-order valence-electron chi connectivity index (χ3n) is 3.78. The third-order valence-corrected chi connectivity index (χ3v) is 4.45. The molecule has 1 aromatic rings. The van der Waals surface area contributed by atoms with Crippen molar-refractivity contribution < 1.29 is 9.72 Å². The number of carbonyl (C=O) groups excluding carboxylic acids is 1. The Kier molecular flexibility index (Phi) is 4.42. The van der Waals surface area contributed by atoms with Crippen LogP contribution in [0.25, 0.3) is 0 Å². The zero-order chi connectivity index (χ0) is 14.8. The molecule has 0 unspecified atom stereocenters. The molecule has 0 aliphatic heterocycles. The molecule has 1 aromatic carbocycles. The first kappa shape index (κ1) is 15.0. The van der Waals surface area contributed by atoms with E-state index in [4.69, 9.17) is 0 Å². The van der Waals surface area contributed by atoms with Crippen LogP contribution in [0, 0.1) is 10.1 Å². The highest BCUT2D eigenvalue weighted by atomic mass is 79.9. The van der Waals surface area contributed by atoms with Gasteiger partial charge in [-0.15, -0.1) is 0 Å². The summed E-state index contributed by atoms with van der Waals surface area (Å²) < 4.78 is 0.378. The van der Waals surface area contributed by atoms with Crippen molar-refractivity contribution in [2.75, 3.05) is 0 Å². The summed E-state index contributed by atoms with van der Waals surface area (Å²) in [5, 5.41) is 13.9. The van der Waals surface area contributed by atoms with Gasteiger partial charge in [-0.3, -0.25) is 14.9 Å². The summed E-state index contributed by atoms with van der Waals surface area (Å²) in [5.74, 6) is -0.245. The quantitative estimate of drug-likeness (QED) is 0.671. The van der Waals surface area contributed by atoms with E-state index in [9.17, 15) is 14.9 Å². The smallest absolute Gasteiger partial charge is 0.284 e. The van der Waals surface area contributed by atoms with Crippen LogP contribution in [0.5, 0.6) is 0 Å². The Morgan fingerprint density at radius 1 is 1.35 bits per heavy atom. The second-order valence-corrected chi connectivity index (χ2v) is 6.35. The molecule has 5 nitrogen and oxygen atoms in total. The fourth-order valence-corrected chi connectivity index (χ4v) is 2.99. The molecule has 2 rings (SSSR count). The first-order valence-corrected chi connectivity index (χ1v) is 7.47. The van der Waals surface area contributed by atoms with E-state index in [-0.39, 0.29) is 17.1 Å². The molecule has 1 amide bonds. The number of nitro groups is 1. The normalized spacial score (nSPS) is 17.5. The molecule has 0 spiro atoms. The van der Waals surface area contributed by atoms with Crippen molar-refractivity contribution in [3.05, 3.63) is 38.3 Å². The Morgan fingerprint density at radius 3 is 2.60 bits per heavy atom. The van der Waals surface area contributed by atoms with Crippen molar-refractivity contribution in [3.63, 3.8) is 0 Å². The Balaban J connectivity index is 2.17. The monoisotopic (exact) mass is 340 g/mol. The summed E-state index contributed by atoms with van der Waals surface area (Å²) in [5.41, 5.74) is 0.0372. The minimum atomic E-state index is -0.497. The van der Waals surface area contributed by atoms with Gasteiger partial charge < -0.3 is 5.32 Å². The Bertz CT molecular complexity index is 539. The topological polar surface area (TPSA) is 72.2 Å². The van der Waals surface area contributed by atoms with Crippen LogP contribution in [0.15, 0.2) is 22.7 Å². The molecule has 1 fully saturated rings. The number of amides is 1. The van der Waals surface area contributed by atoms with E-state index < -0.39 is 4.92 Å². The van der Waals surface area contributed by atoms with E-state index >= 15 is 0 Å². The molecule has 0 atom stereocenters. The van der Waals surface area contributed by atoms with Crippen LogP contribution in [-0.4, -0.2) is 16.4 Å². The SMILES string of the molecule is CC1(NC(=O)c2ccc(Br)c([N+](=O)[O-])c2)CCCCC1. The zero-order valence-electron chi connectivity index (χ0n) is 11.3. The van der Waals surface area contributed by atoms with Gasteiger partial charge in [0.05, 0.1) is 9.40 Å². The van der Waals surface area contributed by atoms with Crippen molar-refractivity contribution in [2.45, 2.75) is 44.6 Å². The number of carbonyl (C=O) groups is 1. The van der Waals surface area contributed by atoms with Crippen LogP contribution < -0.4 is 5.32 Å². The molecule has 0 heterocycles. The van der Waals surface area contributed by atoms with Crippen LogP contribution in [0.4, 0.5) is 5.69 Å². The van der Waals surface area contributed by atoms with Gasteiger partial charge >= 0.3 is 0 Å². The molecule has 108 valence electrons. The summed E-state index contributed by atoms with van der Waals surface area (Å²) in [6.07, 6.45) is 5.33. The summed E-state index contributed by atoms with van der Waals surface area (Å²) in [4.78, 5) is 22.7. The van der Waals surface area contributed by atoms with E-state index in [2.05, 4.69) is 21.2 Å². The van der Waals surface area contributed by atoms with E-state index in [1.54, 1.807) is 6.07 Å². The molecule has 1 aliphatic rings. The maximum atomic E-state index is 12.3. The van der Waals surface area contributed by atoms with Gasteiger partial charge in [-0.05, 0) is 47.8 Å². The van der Waals surface area contributed by atoms with E-state index in [1.165, 1.54) is 18.6 Å². The zero-order valence-corrected chi connectivity index (χ0v) is 12.9. The number of rotatable bonds is 3. The molecule has 0 bridgehead atoms. The van der Waals surface area contributed by atoms with E-state index in [1.807, 2.05) is 6.92 Å². The van der Waals surface area contributed by atoms with Crippen LogP contribution in [0.1, 0.15) is 49.4 Å². The van der Waals surface area contributed by atoms with Gasteiger partial charge in [-0.1, -0.05) is 19.3 Å². The third kappa shape index (κ3) is 3.36. The summed E-state index contributed by atoms with van der Waals surface area (Å²) >= 11 is 3.12. The highest BCUT2D eigenvalue weighted by Gasteiger charge is 2.29. The van der Waals surface area contributed by atoms with Crippen LogP contribution in [0.2, 0.25) is 0 Å². The van der Waals surface area contributed by atoms with E-state index in [0.29, 0.717) is 10.0 Å². The number of nitro benzene ring substituents is 1. The number of hydrogen-bond donors (Lipinski definition) is 1. The Labute approximate surface area is 126 Å². The molecule has 0 saturated heterocycles. The standard InChI is InChI=1S/C14H17BrN2O3/c1-14(7-3-2-4-8-14)16-13(18)10-5-6-11(15)12(9-10)17(19)20/h5-6,9H,2-4,7-8H2,1H3,(H,16,18). The average molecular weight is 341 g/mol. The van der Waals surface area contributed by atoms with Gasteiger partial charge in [0.1, 0.15) is 0 Å². The van der Waals surface area contributed by atoms with E-state index in [0.717, 1.165) is 25.7 Å². The van der Waals surface area contributed by atoms with Crippen LogP contribution in [0.3, 0.4) is 0 Å². The maximum Gasteiger partial charge on any atom is 0.284 e. The van der Waals surface area contributed by atoms with Crippen molar-refractivity contribution >= 4 is 27.5 Å². The van der Waals surface area contributed by atoms with Crippen LogP contribution >= 0.6 is 15.9 Å². The van der Waals surface area contributed by atoms with Gasteiger partial charge in [0.15, 0.2) is 0 Å². The Hall–Kier alpha value is -1.43. The minimum absolute atomic E-state index is 0.0913. The lowest BCUT2D eigenvalue weighted by atomic mass is 9.83. The number of hydrogen-bond acceptors (Lipinski definition) is 3. The number of nitrogens with one attached hydrogen (secondary N) is 1. The lowest BCUT2D eigenvalue weighted by Crippen LogP contribution is -2.47. The fourth-order valence-electron chi connectivity index (χ4n) is 2.60. The molecule has 0 radical (unpaired) electrons. The predicted octanol–water partition coefficient (Wildman–Crippen LogP) is 3.81. The highest BCUT2D eigenvalue weighted by molar-refractivity contribution is 9.10. The molecular weight excluding hydrogens is 324 g/mol. The summed E-state index contributed by atoms with van der Waals surface area (Å²) in [6.45, 7) is 2.04. The predicted molar refractivity (Wildman–Crippen MR) is 79.8 cm³/mol. The van der Waals surface area contributed by atoms with Crippen LogP contribution in [-0.2, 0) is 0 Å². The number of nitrogens with zero attached hydrogens (tertiary/aromatic N) is 1. The lowest BCUT2D eigenvalue weighted by Gasteiger charge is -2.34. The fraction of sp³-hybridized carbons (Fsp3) is 0.500. The van der Waals surface area contributed by atoms with Gasteiger partial charge in [0.25, 0.3) is 11.6 Å². The first-order valence-electron chi connectivity index (χ1n) is 6.68. The second kappa shape index (κ2) is 5.91. The lowest BCUT2D eigenvalue weighted by molar-refractivity contribution is -0.385. The first-order chi connectivity index (χ1) is 9.41. The molecular formula is C14H17BrN2O3. The highest BCUT2D eigenvalue weighted by Crippen LogP contribution is 2.29. The van der Waals surface area contributed by atoms with Gasteiger partial charge in [0.2, 0.25) is 0 Å². The van der Waals surface area contributed by atoms with Crippen molar-refractivity contribution in [3.8, 4) is 0 Å². The number of halogens is 1. The molecule has 1 saturated carbocycles. The Morgan fingerprint density at radius 2 is 2.00 bits per heavy atom. The molecule has 1 N–H and O–H groups in total. The minimum Gasteiger partial charge on any atom is -0.347 e.